The molecule has 1 aliphatic rings. The summed E-state index contributed by atoms with van der Waals surface area (Å²) in [6.07, 6.45) is 2.53. The van der Waals surface area contributed by atoms with E-state index >= 15 is 0 Å². The summed E-state index contributed by atoms with van der Waals surface area (Å²) >= 11 is 0. The van der Waals surface area contributed by atoms with Gasteiger partial charge in [-0.05, 0) is 55.1 Å². The molecule has 0 aliphatic carbocycles. The van der Waals surface area contributed by atoms with Gasteiger partial charge in [-0.3, -0.25) is 4.90 Å². The molecule has 2 aromatic heterocycles. The molecule has 0 radical (unpaired) electrons. The van der Waals surface area contributed by atoms with Gasteiger partial charge in [-0.25, -0.2) is 9.18 Å². The topological polar surface area (TPSA) is 92.6 Å². The molecule has 1 aliphatic heterocycles. The number of aromatic hydroxyl groups is 1. The Morgan fingerprint density at radius 1 is 1.21 bits per heavy atom. The Hall–Kier alpha value is -3.52. The maximum absolute atomic E-state index is 13.5. The van der Waals surface area contributed by atoms with Gasteiger partial charge in [-0.15, -0.1) is 0 Å². The Morgan fingerprint density at radius 2 is 2.09 bits per heavy atom. The molecule has 7 nitrogen and oxygen atoms in total. The molecule has 1 unspecified atom stereocenters. The van der Waals surface area contributed by atoms with Crippen LogP contribution in [0.1, 0.15) is 42.7 Å². The average Bonchev–Trinajstić information content (AvgIpc) is 3.29. The summed E-state index contributed by atoms with van der Waals surface area (Å²) in [4.78, 5) is 18.9. The third kappa shape index (κ3) is 4.39. The van der Waals surface area contributed by atoms with E-state index in [9.17, 15) is 14.3 Å². The van der Waals surface area contributed by atoms with Gasteiger partial charge in [-0.1, -0.05) is 24.2 Å². The number of benzene rings is 2. The van der Waals surface area contributed by atoms with Crippen LogP contribution in [0.3, 0.4) is 0 Å². The van der Waals surface area contributed by atoms with E-state index in [0.717, 1.165) is 35.9 Å². The van der Waals surface area contributed by atoms with Crippen molar-refractivity contribution in [2.75, 3.05) is 13.1 Å². The SMILES string of the molecule is CCc1cc2c(CN3CCCC(c4nc(-c5cccc(F)c5)no4)C3)cc(=O)oc2cc1O. The molecule has 170 valence electrons. The largest absolute Gasteiger partial charge is 0.508 e. The van der Waals surface area contributed by atoms with Crippen molar-refractivity contribution in [1.82, 2.24) is 15.0 Å². The summed E-state index contributed by atoms with van der Waals surface area (Å²) in [6.45, 7) is 4.11. The van der Waals surface area contributed by atoms with Crippen molar-refractivity contribution in [3.8, 4) is 17.1 Å². The summed E-state index contributed by atoms with van der Waals surface area (Å²) in [5.74, 6) is 0.751. The second kappa shape index (κ2) is 8.78. The van der Waals surface area contributed by atoms with Gasteiger partial charge in [0.05, 0.1) is 5.92 Å². The fraction of sp³-hybridized carbons (Fsp3) is 0.320. The van der Waals surface area contributed by atoms with Crippen LogP contribution in [0.2, 0.25) is 0 Å². The van der Waals surface area contributed by atoms with Crippen molar-refractivity contribution < 1.29 is 18.4 Å². The highest BCUT2D eigenvalue weighted by molar-refractivity contribution is 5.82. The first-order valence-electron chi connectivity index (χ1n) is 11.1. The van der Waals surface area contributed by atoms with Crippen molar-refractivity contribution in [3.05, 3.63) is 75.7 Å². The van der Waals surface area contributed by atoms with Gasteiger partial charge in [0.1, 0.15) is 17.1 Å². The quantitative estimate of drug-likeness (QED) is 0.444. The van der Waals surface area contributed by atoms with E-state index in [1.165, 1.54) is 24.3 Å². The Kier molecular flexibility index (Phi) is 5.68. The predicted octanol–water partition coefficient (Wildman–Crippen LogP) is 4.63. The minimum atomic E-state index is -0.439. The second-order valence-electron chi connectivity index (χ2n) is 8.46. The lowest BCUT2D eigenvalue weighted by molar-refractivity contribution is 0.180. The van der Waals surface area contributed by atoms with Gasteiger partial charge in [0.25, 0.3) is 0 Å². The third-order valence-electron chi connectivity index (χ3n) is 6.18. The molecule has 3 heterocycles. The Bertz CT molecular complexity index is 1360. The van der Waals surface area contributed by atoms with Crippen LogP contribution >= 0.6 is 0 Å². The van der Waals surface area contributed by atoms with Crippen LogP contribution in [-0.4, -0.2) is 33.2 Å². The minimum absolute atomic E-state index is 0.0511. The van der Waals surface area contributed by atoms with Crippen LogP contribution in [0.25, 0.3) is 22.4 Å². The fourth-order valence-corrected chi connectivity index (χ4v) is 4.51. The zero-order chi connectivity index (χ0) is 22.9. The fourth-order valence-electron chi connectivity index (χ4n) is 4.51. The molecule has 0 amide bonds. The van der Waals surface area contributed by atoms with E-state index in [2.05, 4.69) is 15.0 Å². The third-order valence-corrected chi connectivity index (χ3v) is 6.18. The molecule has 0 spiro atoms. The maximum Gasteiger partial charge on any atom is 0.336 e. The van der Waals surface area contributed by atoms with Gasteiger partial charge < -0.3 is 14.0 Å². The van der Waals surface area contributed by atoms with Gasteiger partial charge in [0, 0.05) is 36.2 Å². The molecule has 33 heavy (non-hydrogen) atoms. The number of phenols is 1. The smallest absolute Gasteiger partial charge is 0.336 e. The maximum atomic E-state index is 13.5. The van der Waals surface area contributed by atoms with Crippen LogP contribution in [-0.2, 0) is 13.0 Å². The number of halogens is 1. The van der Waals surface area contributed by atoms with Crippen molar-refractivity contribution in [2.45, 2.75) is 38.6 Å². The molecular formula is C25H24FN3O4. The number of rotatable bonds is 5. The molecule has 0 bridgehead atoms. The number of likely N-dealkylation sites (tertiary alicyclic amines) is 1. The van der Waals surface area contributed by atoms with Gasteiger partial charge >= 0.3 is 5.63 Å². The van der Waals surface area contributed by atoms with Crippen LogP contribution in [0.4, 0.5) is 4.39 Å². The van der Waals surface area contributed by atoms with E-state index in [-0.39, 0.29) is 17.5 Å². The van der Waals surface area contributed by atoms with E-state index < -0.39 is 5.63 Å². The Morgan fingerprint density at radius 3 is 2.91 bits per heavy atom. The van der Waals surface area contributed by atoms with Crippen molar-refractivity contribution in [3.63, 3.8) is 0 Å². The Labute approximate surface area is 189 Å². The number of hydrogen-bond acceptors (Lipinski definition) is 7. The monoisotopic (exact) mass is 449 g/mol. The van der Waals surface area contributed by atoms with Crippen LogP contribution in [0, 0.1) is 5.82 Å². The number of fused-ring (bicyclic) bond motifs is 1. The van der Waals surface area contributed by atoms with E-state index in [1.807, 2.05) is 13.0 Å². The highest BCUT2D eigenvalue weighted by Crippen LogP contribution is 2.31. The molecule has 1 fully saturated rings. The van der Waals surface area contributed by atoms with Gasteiger partial charge in [0.15, 0.2) is 0 Å². The second-order valence-corrected chi connectivity index (χ2v) is 8.46. The lowest BCUT2D eigenvalue weighted by atomic mass is 9.97. The number of hydrogen-bond donors (Lipinski definition) is 1. The van der Waals surface area contributed by atoms with Crippen molar-refractivity contribution in [1.29, 1.82) is 0 Å². The molecule has 5 rings (SSSR count). The van der Waals surface area contributed by atoms with E-state index in [0.29, 0.717) is 42.4 Å². The normalized spacial score (nSPS) is 17.0. The Balaban J connectivity index is 1.38. The van der Waals surface area contributed by atoms with E-state index in [4.69, 9.17) is 8.94 Å². The summed E-state index contributed by atoms with van der Waals surface area (Å²) in [5.41, 5.74) is 2.20. The van der Waals surface area contributed by atoms with E-state index in [1.54, 1.807) is 12.1 Å². The average molecular weight is 449 g/mol. The highest BCUT2D eigenvalue weighted by Gasteiger charge is 2.27. The number of aryl methyl sites for hydroxylation is 1. The zero-order valence-corrected chi connectivity index (χ0v) is 18.3. The molecular weight excluding hydrogens is 425 g/mol. The van der Waals surface area contributed by atoms with Crippen LogP contribution in [0.5, 0.6) is 5.75 Å². The van der Waals surface area contributed by atoms with Crippen molar-refractivity contribution >= 4 is 11.0 Å². The summed E-state index contributed by atoms with van der Waals surface area (Å²) in [6, 6.07) is 11.1. The lowest BCUT2D eigenvalue weighted by Gasteiger charge is -2.31. The van der Waals surface area contributed by atoms with Crippen LogP contribution in [0.15, 0.2) is 56.2 Å². The number of nitrogens with zero attached hydrogens (tertiary/aromatic N) is 3. The standard InChI is InChI=1S/C25H24FN3O4/c1-2-15-10-20-18(11-23(31)32-22(20)12-21(15)30)14-29-8-4-6-17(13-29)25-27-24(28-33-25)16-5-3-7-19(26)9-16/h3,5,7,9-12,17,30H,2,4,6,8,13-14H2,1H3. The molecule has 4 aromatic rings. The summed E-state index contributed by atoms with van der Waals surface area (Å²) in [5, 5.41) is 15.0. The van der Waals surface area contributed by atoms with Gasteiger partial charge in [-0.2, -0.15) is 4.98 Å². The lowest BCUT2D eigenvalue weighted by Crippen LogP contribution is -2.34. The molecule has 1 saturated heterocycles. The predicted molar refractivity (Wildman–Crippen MR) is 120 cm³/mol. The number of aromatic nitrogens is 2. The first-order chi connectivity index (χ1) is 16.0. The van der Waals surface area contributed by atoms with Crippen molar-refractivity contribution in [2.24, 2.45) is 0 Å². The zero-order valence-electron chi connectivity index (χ0n) is 18.3. The number of piperidine rings is 1. The molecule has 1 N–H and O–H groups in total. The number of phenolic OH excluding ortho intramolecular Hbond substituents is 1. The molecule has 1 atom stereocenters. The highest BCUT2D eigenvalue weighted by atomic mass is 19.1. The molecule has 8 heteroatoms. The minimum Gasteiger partial charge on any atom is -0.508 e. The van der Waals surface area contributed by atoms with Gasteiger partial charge in [0.2, 0.25) is 11.7 Å². The van der Waals surface area contributed by atoms with Crippen LogP contribution < -0.4 is 5.63 Å². The first-order valence-corrected chi connectivity index (χ1v) is 11.1. The molecule has 2 aromatic carbocycles. The first kappa shape index (κ1) is 21.3. The summed E-state index contributed by atoms with van der Waals surface area (Å²) in [7, 11) is 0. The molecule has 0 saturated carbocycles. The summed E-state index contributed by atoms with van der Waals surface area (Å²) < 4.78 is 24.4.